The van der Waals surface area contributed by atoms with Crippen molar-refractivity contribution in [3.8, 4) is 0 Å². The molecule has 3 rings (SSSR count). The zero-order valence-corrected chi connectivity index (χ0v) is 16.9. The van der Waals surface area contributed by atoms with E-state index in [1.807, 2.05) is 19.1 Å². The molecule has 1 fully saturated rings. The van der Waals surface area contributed by atoms with Crippen LogP contribution in [-0.4, -0.2) is 24.4 Å². The van der Waals surface area contributed by atoms with Crippen molar-refractivity contribution < 1.29 is 19.1 Å². The number of amides is 2. The van der Waals surface area contributed by atoms with Gasteiger partial charge in [-0.1, -0.05) is 54.3 Å². The number of hydrazine groups is 1. The van der Waals surface area contributed by atoms with E-state index in [-0.39, 0.29) is 0 Å². The second kappa shape index (κ2) is 9.09. The zero-order chi connectivity index (χ0) is 20.9. The van der Waals surface area contributed by atoms with Crippen molar-refractivity contribution in [2.45, 2.75) is 38.0 Å². The van der Waals surface area contributed by atoms with Gasteiger partial charge >= 0.3 is 5.97 Å². The average Bonchev–Trinajstić information content (AvgIpc) is 3.22. The van der Waals surface area contributed by atoms with Gasteiger partial charge in [-0.05, 0) is 49.6 Å². The number of nitrogens with one attached hydrogen (secondary N) is 2. The van der Waals surface area contributed by atoms with E-state index < -0.39 is 29.8 Å². The molecule has 0 heterocycles. The molecule has 2 amide bonds. The van der Waals surface area contributed by atoms with Gasteiger partial charge in [0.25, 0.3) is 11.8 Å². The molecule has 152 valence electrons. The first-order chi connectivity index (χ1) is 13.9. The lowest BCUT2D eigenvalue weighted by Gasteiger charge is -2.27. The molecule has 0 spiro atoms. The third kappa shape index (κ3) is 4.95. The van der Waals surface area contributed by atoms with Crippen LogP contribution in [0.3, 0.4) is 0 Å². The maximum absolute atomic E-state index is 12.8. The summed E-state index contributed by atoms with van der Waals surface area (Å²) in [5.41, 5.74) is 6.12. The Kier molecular flexibility index (Phi) is 6.54. The van der Waals surface area contributed by atoms with Gasteiger partial charge in [-0.3, -0.25) is 25.2 Å². The summed E-state index contributed by atoms with van der Waals surface area (Å²) in [6.07, 6.45) is 3.16. The molecular weight excluding hydrogens is 392 g/mol. The lowest BCUT2D eigenvalue weighted by molar-refractivity contribution is -0.154. The van der Waals surface area contributed by atoms with Crippen molar-refractivity contribution >= 4 is 29.4 Å². The predicted molar refractivity (Wildman–Crippen MR) is 109 cm³/mol. The zero-order valence-electron chi connectivity index (χ0n) is 16.2. The number of hydrogen-bond acceptors (Lipinski definition) is 4. The van der Waals surface area contributed by atoms with E-state index in [0.29, 0.717) is 23.4 Å². The number of ether oxygens (including phenoxy) is 1. The molecule has 0 atom stereocenters. The van der Waals surface area contributed by atoms with Crippen LogP contribution >= 0.6 is 11.6 Å². The Bertz CT molecular complexity index is 888. The highest BCUT2D eigenvalue weighted by Crippen LogP contribution is 2.42. The number of aryl methyl sites for hydroxylation is 1. The number of esters is 1. The van der Waals surface area contributed by atoms with Crippen LogP contribution in [0.2, 0.25) is 5.02 Å². The van der Waals surface area contributed by atoms with E-state index in [9.17, 15) is 14.4 Å². The third-order valence-corrected chi connectivity index (χ3v) is 5.46. The van der Waals surface area contributed by atoms with Crippen molar-refractivity contribution in [3.63, 3.8) is 0 Å². The first-order valence-corrected chi connectivity index (χ1v) is 9.88. The number of benzene rings is 2. The van der Waals surface area contributed by atoms with Gasteiger partial charge in [0, 0.05) is 10.6 Å². The van der Waals surface area contributed by atoms with Gasteiger partial charge in [-0.2, -0.15) is 0 Å². The Balaban J connectivity index is 1.54. The maximum atomic E-state index is 12.8. The molecule has 0 unspecified atom stereocenters. The summed E-state index contributed by atoms with van der Waals surface area (Å²) in [5, 5.41) is 0.596. The first kappa shape index (κ1) is 20.9. The molecule has 6 nitrogen and oxygen atoms in total. The molecule has 1 aliphatic carbocycles. The largest absolute Gasteiger partial charge is 0.455 e. The van der Waals surface area contributed by atoms with Crippen LogP contribution < -0.4 is 10.9 Å². The topological polar surface area (TPSA) is 84.5 Å². The van der Waals surface area contributed by atoms with Crippen molar-refractivity contribution in [1.82, 2.24) is 10.9 Å². The molecule has 0 aromatic heterocycles. The second-order valence-electron chi connectivity index (χ2n) is 7.24. The summed E-state index contributed by atoms with van der Waals surface area (Å²) < 4.78 is 5.29. The predicted octanol–water partition coefficient (Wildman–Crippen LogP) is 3.46. The maximum Gasteiger partial charge on any atom is 0.317 e. The molecule has 1 saturated carbocycles. The number of halogens is 1. The quantitative estimate of drug-likeness (QED) is 0.579. The fourth-order valence-corrected chi connectivity index (χ4v) is 3.69. The summed E-state index contributed by atoms with van der Waals surface area (Å²) in [6, 6.07) is 14.1. The highest BCUT2D eigenvalue weighted by atomic mass is 35.5. The van der Waals surface area contributed by atoms with Crippen molar-refractivity contribution in [2.75, 3.05) is 6.61 Å². The van der Waals surface area contributed by atoms with Crippen molar-refractivity contribution in [3.05, 3.63) is 70.2 Å². The Morgan fingerprint density at radius 3 is 2.21 bits per heavy atom. The number of hydrogen-bond donors (Lipinski definition) is 2. The molecule has 2 aromatic carbocycles. The first-order valence-electron chi connectivity index (χ1n) is 9.50. The van der Waals surface area contributed by atoms with E-state index in [1.165, 1.54) is 0 Å². The van der Waals surface area contributed by atoms with Gasteiger partial charge in [0.15, 0.2) is 6.61 Å². The molecule has 2 N–H and O–H groups in total. The van der Waals surface area contributed by atoms with E-state index in [1.54, 1.807) is 36.4 Å². The van der Waals surface area contributed by atoms with Crippen molar-refractivity contribution in [2.24, 2.45) is 0 Å². The Hall–Kier alpha value is -2.86. The van der Waals surface area contributed by atoms with Crippen molar-refractivity contribution in [1.29, 1.82) is 0 Å². The number of carbonyl (C=O) groups excluding carboxylic acids is 3. The van der Waals surface area contributed by atoms with Crippen LogP contribution in [0.4, 0.5) is 0 Å². The van der Waals surface area contributed by atoms with Crippen LogP contribution in [0.25, 0.3) is 0 Å². The van der Waals surface area contributed by atoms with Crippen LogP contribution in [-0.2, 0) is 19.7 Å². The lowest BCUT2D eigenvalue weighted by atomic mass is 9.79. The molecular formula is C22H23ClN2O4. The molecule has 2 aromatic rings. The molecule has 29 heavy (non-hydrogen) atoms. The fourth-order valence-electron chi connectivity index (χ4n) is 3.57. The molecule has 0 saturated heterocycles. The lowest BCUT2D eigenvalue weighted by Crippen LogP contribution is -2.44. The Labute approximate surface area is 174 Å². The smallest absolute Gasteiger partial charge is 0.317 e. The SMILES string of the molecule is Cc1ccc(C(=O)NNC(=O)COC(=O)C2(c3ccc(Cl)cc3)CCCC2)cc1. The van der Waals surface area contributed by atoms with E-state index in [2.05, 4.69) is 10.9 Å². The highest BCUT2D eigenvalue weighted by Gasteiger charge is 2.44. The van der Waals surface area contributed by atoms with Gasteiger partial charge < -0.3 is 4.74 Å². The van der Waals surface area contributed by atoms with Crippen LogP contribution in [0.5, 0.6) is 0 Å². The molecule has 0 radical (unpaired) electrons. The minimum absolute atomic E-state index is 0.417. The van der Waals surface area contributed by atoms with Crippen LogP contribution in [0.1, 0.15) is 47.2 Å². The minimum Gasteiger partial charge on any atom is -0.455 e. The van der Waals surface area contributed by atoms with Gasteiger partial charge in [0.05, 0.1) is 5.41 Å². The molecule has 0 aliphatic heterocycles. The third-order valence-electron chi connectivity index (χ3n) is 5.21. The number of carbonyl (C=O) groups is 3. The Morgan fingerprint density at radius 1 is 0.966 bits per heavy atom. The molecule has 1 aliphatic rings. The van der Waals surface area contributed by atoms with E-state index >= 15 is 0 Å². The van der Waals surface area contributed by atoms with Gasteiger partial charge in [-0.25, -0.2) is 0 Å². The highest BCUT2D eigenvalue weighted by molar-refractivity contribution is 6.30. The number of rotatable bonds is 5. The normalized spacial score (nSPS) is 14.8. The fraction of sp³-hybridized carbons (Fsp3) is 0.318. The van der Waals surface area contributed by atoms with Gasteiger partial charge in [0.1, 0.15) is 0 Å². The monoisotopic (exact) mass is 414 g/mol. The summed E-state index contributed by atoms with van der Waals surface area (Å²) in [6.45, 7) is 1.45. The molecule has 7 heteroatoms. The summed E-state index contributed by atoms with van der Waals surface area (Å²) >= 11 is 5.95. The minimum atomic E-state index is -0.754. The summed E-state index contributed by atoms with van der Waals surface area (Å²) in [5.74, 6) is -1.49. The average molecular weight is 415 g/mol. The second-order valence-corrected chi connectivity index (χ2v) is 7.68. The summed E-state index contributed by atoms with van der Waals surface area (Å²) in [7, 11) is 0. The van der Waals surface area contributed by atoms with Crippen LogP contribution in [0.15, 0.2) is 48.5 Å². The Morgan fingerprint density at radius 2 is 1.59 bits per heavy atom. The standard InChI is InChI=1S/C22H23ClN2O4/c1-15-4-6-16(7-5-15)20(27)25-24-19(26)14-29-21(28)22(12-2-3-13-22)17-8-10-18(23)11-9-17/h4-11H,2-3,12-14H2,1H3,(H,24,26)(H,25,27). The summed E-state index contributed by atoms with van der Waals surface area (Å²) in [4.78, 5) is 36.9. The van der Waals surface area contributed by atoms with Gasteiger partial charge in [0.2, 0.25) is 0 Å². The van der Waals surface area contributed by atoms with E-state index in [4.69, 9.17) is 16.3 Å². The molecule has 0 bridgehead atoms. The van der Waals surface area contributed by atoms with E-state index in [0.717, 1.165) is 24.0 Å². The van der Waals surface area contributed by atoms with Crippen LogP contribution in [0, 0.1) is 6.92 Å². The van der Waals surface area contributed by atoms with Gasteiger partial charge in [-0.15, -0.1) is 0 Å².